The van der Waals surface area contributed by atoms with E-state index in [1.807, 2.05) is 11.3 Å². The number of hydrogen-bond donors (Lipinski definition) is 0. The molecule has 0 aliphatic carbocycles. The Labute approximate surface area is 238 Å². The summed E-state index contributed by atoms with van der Waals surface area (Å²) >= 11 is 5.56. The Morgan fingerprint density at radius 1 is 0.462 bits per heavy atom. The summed E-state index contributed by atoms with van der Waals surface area (Å²) in [6.45, 7) is 0. The third kappa shape index (κ3) is 3.65. The van der Waals surface area contributed by atoms with Gasteiger partial charge in [0.15, 0.2) is 0 Å². The maximum Gasteiger partial charge on any atom is 0.0547 e. The lowest BCUT2D eigenvalue weighted by atomic mass is 9.99. The molecular formula is C36H22BrNS. The molecule has 184 valence electrons. The maximum absolute atomic E-state index is 3.69. The van der Waals surface area contributed by atoms with Crippen molar-refractivity contribution in [3.63, 3.8) is 0 Å². The molecule has 3 heteroatoms. The van der Waals surface area contributed by atoms with Gasteiger partial charge in [-0.25, -0.2) is 0 Å². The third-order valence-corrected chi connectivity index (χ3v) is 9.54. The summed E-state index contributed by atoms with van der Waals surface area (Å²) in [7, 11) is 0. The van der Waals surface area contributed by atoms with E-state index in [-0.39, 0.29) is 0 Å². The lowest BCUT2D eigenvalue weighted by molar-refractivity contribution is 1.19. The van der Waals surface area contributed by atoms with Crippen LogP contribution in [0.25, 0.3) is 69.9 Å². The maximum atomic E-state index is 3.69. The molecule has 0 aliphatic rings. The van der Waals surface area contributed by atoms with Crippen LogP contribution in [-0.4, -0.2) is 4.57 Å². The van der Waals surface area contributed by atoms with Gasteiger partial charge in [0, 0.05) is 41.1 Å². The van der Waals surface area contributed by atoms with Crippen LogP contribution in [0.15, 0.2) is 138 Å². The van der Waals surface area contributed by atoms with Crippen molar-refractivity contribution in [3.05, 3.63) is 138 Å². The molecule has 39 heavy (non-hydrogen) atoms. The number of aromatic nitrogens is 1. The minimum Gasteiger partial charge on any atom is -0.309 e. The van der Waals surface area contributed by atoms with Crippen LogP contribution in [0.3, 0.4) is 0 Å². The summed E-state index contributed by atoms with van der Waals surface area (Å²) in [5.41, 5.74) is 8.48. The Morgan fingerprint density at radius 3 is 2.00 bits per heavy atom. The van der Waals surface area contributed by atoms with Crippen molar-refractivity contribution in [2.75, 3.05) is 0 Å². The summed E-state index contributed by atoms with van der Waals surface area (Å²) in [4.78, 5) is 0. The molecule has 0 spiro atoms. The summed E-state index contributed by atoms with van der Waals surface area (Å²) in [5.74, 6) is 0. The van der Waals surface area contributed by atoms with E-state index in [2.05, 4.69) is 154 Å². The quantitative estimate of drug-likeness (QED) is 0.196. The summed E-state index contributed by atoms with van der Waals surface area (Å²) in [5, 5.41) is 5.19. The first-order valence-electron chi connectivity index (χ1n) is 13.0. The van der Waals surface area contributed by atoms with Crippen molar-refractivity contribution in [3.8, 4) is 27.9 Å². The van der Waals surface area contributed by atoms with E-state index in [9.17, 15) is 0 Å². The number of hydrogen-bond acceptors (Lipinski definition) is 1. The molecule has 0 amide bonds. The van der Waals surface area contributed by atoms with Gasteiger partial charge in [-0.3, -0.25) is 0 Å². The number of halogens is 1. The zero-order valence-electron chi connectivity index (χ0n) is 20.9. The highest BCUT2D eigenvalue weighted by Gasteiger charge is 2.15. The van der Waals surface area contributed by atoms with Crippen LogP contribution in [0.5, 0.6) is 0 Å². The second-order valence-electron chi connectivity index (χ2n) is 9.92. The SMILES string of the molecule is Brc1ccccc1-c1ccc(-c2ccc3c4ccccc4n(-c4ccc5sc6ccccc6c5c4)c3c2)cc1. The Bertz CT molecular complexity index is 2180. The van der Waals surface area contributed by atoms with Gasteiger partial charge in [0.2, 0.25) is 0 Å². The Hall–Kier alpha value is -4.18. The summed E-state index contributed by atoms with van der Waals surface area (Å²) in [6.07, 6.45) is 0. The molecule has 1 nitrogen and oxygen atoms in total. The zero-order valence-corrected chi connectivity index (χ0v) is 23.3. The molecule has 0 saturated carbocycles. The van der Waals surface area contributed by atoms with Gasteiger partial charge < -0.3 is 4.57 Å². The average Bonchev–Trinajstić information content (AvgIpc) is 3.52. The molecular weight excluding hydrogens is 558 g/mol. The topological polar surface area (TPSA) is 4.93 Å². The molecule has 8 aromatic rings. The van der Waals surface area contributed by atoms with Crippen molar-refractivity contribution in [2.45, 2.75) is 0 Å². The van der Waals surface area contributed by atoms with Crippen LogP contribution in [-0.2, 0) is 0 Å². The van der Waals surface area contributed by atoms with Gasteiger partial charge in [0.25, 0.3) is 0 Å². The van der Waals surface area contributed by atoms with E-state index in [1.54, 1.807) is 0 Å². The molecule has 0 atom stereocenters. The highest BCUT2D eigenvalue weighted by Crippen LogP contribution is 2.39. The number of para-hydroxylation sites is 1. The predicted octanol–water partition coefficient (Wildman–Crippen LogP) is 11.2. The Balaban J connectivity index is 1.32. The average molecular weight is 581 g/mol. The number of benzene rings is 6. The van der Waals surface area contributed by atoms with E-state index >= 15 is 0 Å². The van der Waals surface area contributed by atoms with Crippen molar-refractivity contribution in [1.82, 2.24) is 4.57 Å². The molecule has 0 unspecified atom stereocenters. The van der Waals surface area contributed by atoms with E-state index in [0.29, 0.717) is 0 Å². The molecule has 0 bridgehead atoms. The van der Waals surface area contributed by atoms with Crippen LogP contribution in [0.1, 0.15) is 0 Å². The lowest BCUT2D eigenvalue weighted by Crippen LogP contribution is -1.93. The zero-order chi connectivity index (χ0) is 25.9. The van der Waals surface area contributed by atoms with Crippen LogP contribution in [0.4, 0.5) is 0 Å². The molecule has 0 saturated heterocycles. The van der Waals surface area contributed by atoms with Gasteiger partial charge in [0.05, 0.1) is 11.0 Å². The highest BCUT2D eigenvalue weighted by molar-refractivity contribution is 9.10. The molecule has 2 aromatic heterocycles. The van der Waals surface area contributed by atoms with E-state index in [1.165, 1.54) is 69.9 Å². The first-order valence-corrected chi connectivity index (χ1v) is 14.7. The van der Waals surface area contributed by atoms with Gasteiger partial charge in [0.1, 0.15) is 0 Å². The second-order valence-corrected chi connectivity index (χ2v) is 11.9. The summed E-state index contributed by atoms with van der Waals surface area (Å²) in [6, 6.07) is 48.5. The third-order valence-electron chi connectivity index (χ3n) is 7.70. The predicted molar refractivity (Wildman–Crippen MR) is 172 cm³/mol. The smallest absolute Gasteiger partial charge is 0.0547 e. The molecule has 0 aliphatic heterocycles. The van der Waals surface area contributed by atoms with E-state index in [0.717, 1.165) is 4.47 Å². The van der Waals surface area contributed by atoms with Crippen molar-refractivity contribution >= 4 is 69.2 Å². The van der Waals surface area contributed by atoms with Gasteiger partial charge in [-0.05, 0) is 64.7 Å². The Kier molecular flexibility index (Phi) is 5.22. The second kappa shape index (κ2) is 8.94. The highest BCUT2D eigenvalue weighted by atomic mass is 79.9. The van der Waals surface area contributed by atoms with Crippen molar-refractivity contribution < 1.29 is 0 Å². The Morgan fingerprint density at radius 2 is 1.13 bits per heavy atom. The monoisotopic (exact) mass is 579 g/mol. The fraction of sp³-hybridized carbons (Fsp3) is 0. The van der Waals surface area contributed by atoms with Crippen LogP contribution in [0, 0.1) is 0 Å². The number of rotatable bonds is 3. The lowest BCUT2D eigenvalue weighted by Gasteiger charge is -2.10. The number of fused-ring (bicyclic) bond motifs is 6. The fourth-order valence-electron chi connectivity index (χ4n) is 5.82. The number of nitrogens with zero attached hydrogens (tertiary/aromatic N) is 1. The molecule has 0 fully saturated rings. The minimum absolute atomic E-state index is 1.11. The largest absolute Gasteiger partial charge is 0.309 e. The van der Waals surface area contributed by atoms with Crippen LogP contribution >= 0.6 is 27.3 Å². The first-order chi connectivity index (χ1) is 19.2. The van der Waals surface area contributed by atoms with Gasteiger partial charge in [-0.1, -0.05) is 107 Å². The van der Waals surface area contributed by atoms with E-state index < -0.39 is 0 Å². The van der Waals surface area contributed by atoms with Gasteiger partial charge in [-0.2, -0.15) is 0 Å². The van der Waals surface area contributed by atoms with E-state index in [4.69, 9.17) is 0 Å². The first kappa shape index (κ1) is 22.8. The van der Waals surface area contributed by atoms with Gasteiger partial charge >= 0.3 is 0 Å². The standard InChI is InChI=1S/C36H22BrNS/c37-32-10-4-1-7-27(32)24-15-13-23(14-16-24)25-17-19-29-28-8-2-5-11-33(28)38(34(29)21-25)26-18-20-36-31(22-26)30-9-3-6-12-35(30)39-36/h1-22H. The fourth-order valence-corrected chi connectivity index (χ4v) is 7.42. The number of thiophene rings is 1. The van der Waals surface area contributed by atoms with Crippen molar-refractivity contribution in [2.24, 2.45) is 0 Å². The molecule has 6 aromatic carbocycles. The molecule has 0 N–H and O–H groups in total. The normalized spacial score (nSPS) is 11.7. The minimum atomic E-state index is 1.11. The van der Waals surface area contributed by atoms with Crippen molar-refractivity contribution in [1.29, 1.82) is 0 Å². The summed E-state index contributed by atoms with van der Waals surface area (Å²) < 4.78 is 6.20. The van der Waals surface area contributed by atoms with Crippen LogP contribution in [0.2, 0.25) is 0 Å². The molecule has 0 radical (unpaired) electrons. The molecule has 2 heterocycles. The van der Waals surface area contributed by atoms with Gasteiger partial charge in [-0.15, -0.1) is 11.3 Å². The van der Waals surface area contributed by atoms with Crippen LogP contribution < -0.4 is 0 Å². The molecule has 8 rings (SSSR count).